The molecule has 1 saturated heterocycles. The second kappa shape index (κ2) is 11.3. The maximum Gasteiger partial charge on any atom is 0.245 e. The fraction of sp³-hybridized carbons (Fsp3) is 0.348. The van der Waals surface area contributed by atoms with Gasteiger partial charge in [-0.2, -0.15) is 9.97 Å². The summed E-state index contributed by atoms with van der Waals surface area (Å²) in [6.45, 7) is 0.344. The Morgan fingerprint density at radius 3 is 2.35 bits per heavy atom. The number of hydrogen-bond donors (Lipinski definition) is 1. The molecule has 4 aromatic heterocycles. The lowest BCUT2D eigenvalue weighted by molar-refractivity contribution is 0.0898. The van der Waals surface area contributed by atoms with Gasteiger partial charge in [-0.25, -0.2) is 22.8 Å². The standard InChI is InChI=1S/C23H25FN10O5S/c1-37-16-7-17(12-33(11-16)22-26-9-15(24)10-27-22)40(35,36)32-23-31-30-19(14-5-4-6-25-8-14)34(23)18-20(38-2)28-13-29-21(18)39-3/h4-6,8-10,13,16-17H,7,11-12H2,1-3H3,(H,31,32)/t16-,17+/m1/s1. The van der Waals surface area contributed by atoms with Crippen LogP contribution < -0.4 is 19.1 Å². The number of piperidine rings is 1. The molecule has 15 nitrogen and oxygen atoms in total. The molecule has 0 radical (unpaired) electrons. The van der Waals surface area contributed by atoms with Gasteiger partial charge in [0, 0.05) is 38.2 Å². The van der Waals surface area contributed by atoms with Crippen LogP contribution in [-0.4, -0.2) is 93.9 Å². The van der Waals surface area contributed by atoms with Gasteiger partial charge in [-0.15, -0.1) is 10.2 Å². The van der Waals surface area contributed by atoms with Crippen molar-refractivity contribution in [2.75, 3.05) is 44.0 Å². The molecule has 4 aromatic rings. The molecule has 2 atom stereocenters. The Labute approximate surface area is 228 Å². The van der Waals surface area contributed by atoms with E-state index in [2.05, 4.69) is 39.8 Å². The largest absolute Gasteiger partial charge is 0.479 e. The number of aromatic nitrogens is 8. The minimum Gasteiger partial charge on any atom is -0.479 e. The topological polar surface area (TPSA) is 172 Å². The van der Waals surface area contributed by atoms with E-state index in [1.54, 1.807) is 29.4 Å². The molecule has 0 saturated carbocycles. The van der Waals surface area contributed by atoms with E-state index in [1.807, 2.05) is 0 Å². The van der Waals surface area contributed by atoms with Crippen LogP contribution in [0.2, 0.25) is 0 Å². The lowest BCUT2D eigenvalue weighted by atomic mass is 10.1. The highest BCUT2D eigenvalue weighted by Crippen LogP contribution is 2.35. The van der Waals surface area contributed by atoms with E-state index >= 15 is 0 Å². The first-order chi connectivity index (χ1) is 19.3. The first kappa shape index (κ1) is 27.1. The summed E-state index contributed by atoms with van der Waals surface area (Å²) >= 11 is 0. The SMILES string of the molecule is COc1ncnc(OC)c1-n1c(NS(=O)(=O)[C@H]2C[C@@H](OC)CN(c3ncc(F)cn3)C2)nnc1-c1cccnc1. The van der Waals surface area contributed by atoms with Crippen molar-refractivity contribution in [2.24, 2.45) is 0 Å². The Bertz CT molecular complexity index is 1550. The molecule has 210 valence electrons. The quantitative estimate of drug-likeness (QED) is 0.302. The number of ether oxygens (including phenoxy) is 3. The molecule has 1 N–H and O–H groups in total. The average Bonchev–Trinajstić information content (AvgIpc) is 3.39. The van der Waals surface area contributed by atoms with Crippen molar-refractivity contribution in [2.45, 2.75) is 17.8 Å². The number of halogens is 1. The molecule has 40 heavy (non-hydrogen) atoms. The Hall–Kier alpha value is -4.51. The maximum atomic E-state index is 13.8. The Morgan fingerprint density at radius 1 is 1.00 bits per heavy atom. The number of nitrogens with zero attached hydrogens (tertiary/aromatic N) is 9. The minimum atomic E-state index is -4.13. The number of sulfonamides is 1. The molecule has 17 heteroatoms. The highest BCUT2D eigenvalue weighted by atomic mass is 32.2. The number of nitrogens with one attached hydrogen (secondary N) is 1. The van der Waals surface area contributed by atoms with Crippen molar-refractivity contribution in [1.82, 2.24) is 39.7 Å². The summed E-state index contributed by atoms with van der Waals surface area (Å²) in [4.78, 5) is 22.0. The molecular formula is C23H25FN10O5S. The van der Waals surface area contributed by atoms with Crippen LogP contribution in [0, 0.1) is 5.82 Å². The molecule has 0 unspecified atom stereocenters. The van der Waals surface area contributed by atoms with Crippen LogP contribution in [0.3, 0.4) is 0 Å². The number of methoxy groups -OCH3 is 3. The third-order valence-electron chi connectivity index (χ3n) is 6.22. The first-order valence-electron chi connectivity index (χ1n) is 11.9. The zero-order valence-corrected chi connectivity index (χ0v) is 22.5. The van der Waals surface area contributed by atoms with Gasteiger partial charge in [-0.1, -0.05) is 0 Å². The van der Waals surface area contributed by atoms with E-state index in [1.165, 1.54) is 32.2 Å². The van der Waals surface area contributed by atoms with Crippen molar-refractivity contribution in [3.05, 3.63) is 49.1 Å². The predicted octanol–water partition coefficient (Wildman–Crippen LogP) is 1.10. The van der Waals surface area contributed by atoms with Crippen LogP contribution in [0.5, 0.6) is 11.8 Å². The predicted molar refractivity (Wildman–Crippen MR) is 139 cm³/mol. The van der Waals surface area contributed by atoms with Gasteiger partial charge in [-0.05, 0) is 18.6 Å². The van der Waals surface area contributed by atoms with Crippen LogP contribution in [0.4, 0.5) is 16.3 Å². The smallest absolute Gasteiger partial charge is 0.245 e. The zero-order chi connectivity index (χ0) is 28.3. The van der Waals surface area contributed by atoms with Gasteiger partial charge in [0.25, 0.3) is 0 Å². The van der Waals surface area contributed by atoms with Crippen molar-refractivity contribution < 1.29 is 27.0 Å². The molecule has 1 aliphatic rings. The highest BCUT2D eigenvalue weighted by molar-refractivity contribution is 7.93. The van der Waals surface area contributed by atoms with Gasteiger partial charge >= 0.3 is 0 Å². The van der Waals surface area contributed by atoms with Crippen molar-refractivity contribution >= 4 is 21.9 Å². The van der Waals surface area contributed by atoms with E-state index in [0.29, 0.717) is 12.1 Å². The molecule has 0 bridgehead atoms. The normalized spacial score (nSPS) is 17.4. The van der Waals surface area contributed by atoms with E-state index in [9.17, 15) is 12.8 Å². The second-order valence-electron chi connectivity index (χ2n) is 8.63. The molecule has 0 aromatic carbocycles. The average molecular weight is 573 g/mol. The van der Waals surface area contributed by atoms with Crippen molar-refractivity contribution in [3.63, 3.8) is 0 Å². The van der Waals surface area contributed by atoms with E-state index in [4.69, 9.17) is 14.2 Å². The van der Waals surface area contributed by atoms with Crippen LogP contribution in [0.1, 0.15) is 6.42 Å². The summed E-state index contributed by atoms with van der Waals surface area (Å²) in [6.07, 6.45) is 6.14. The van der Waals surface area contributed by atoms with E-state index < -0.39 is 27.2 Å². The van der Waals surface area contributed by atoms with E-state index in [-0.39, 0.29) is 48.1 Å². The third-order valence-corrected chi connectivity index (χ3v) is 7.90. The summed E-state index contributed by atoms with van der Waals surface area (Å²) in [5.41, 5.74) is 0.707. The van der Waals surface area contributed by atoms with Gasteiger partial charge in [0.2, 0.25) is 33.7 Å². The van der Waals surface area contributed by atoms with Gasteiger partial charge in [0.05, 0.1) is 32.7 Å². The van der Waals surface area contributed by atoms with Crippen LogP contribution in [-0.2, 0) is 14.8 Å². The summed E-state index contributed by atoms with van der Waals surface area (Å²) < 4.78 is 61.3. The Balaban J connectivity index is 1.56. The number of rotatable bonds is 9. The van der Waals surface area contributed by atoms with Gasteiger partial charge < -0.3 is 19.1 Å². The lowest BCUT2D eigenvalue weighted by Crippen LogP contribution is -2.51. The van der Waals surface area contributed by atoms with Crippen LogP contribution in [0.25, 0.3) is 17.1 Å². The number of hydrogen-bond acceptors (Lipinski definition) is 13. The summed E-state index contributed by atoms with van der Waals surface area (Å²) in [6, 6.07) is 3.44. The molecule has 0 amide bonds. The monoisotopic (exact) mass is 572 g/mol. The molecule has 5 heterocycles. The van der Waals surface area contributed by atoms with Crippen molar-refractivity contribution in [3.8, 4) is 28.8 Å². The molecule has 0 aliphatic carbocycles. The fourth-order valence-electron chi connectivity index (χ4n) is 4.33. The molecular weight excluding hydrogens is 547 g/mol. The number of anilines is 2. The molecule has 1 fully saturated rings. The Kier molecular flexibility index (Phi) is 7.65. The lowest BCUT2D eigenvalue weighted by Gasteiger charge is -2.36. The maximum absolute atomic E-state index is 13.8. The van der Waals surface area contributed by atoms with E-state index in [0.717, 1.165) is 12.4 Å². The van der Waals surface area contributed by atoms with Gasteiger partial charge in [0.1, 0.15) is 11.6 Å². The molecule has 1 aliphatic heterocycles. The Morgan fingerprint density at radius 2 is 1.73 bits per heavy atom. The molecule has 0 spiro atoms. The summed E-state index contributed by atoms with van der Waals surface area (Å²) in [7, 11) is 0.168. The first-order valence-corrected chi connectivity index (χ1v) is 13.4. The third kappa shape index (κ3) is 5.32. The summed E-state index contributed by atoms with van der Waals surface area (Å²) in [5.74, 6) is -0.162. The van der Waals surface area contributed by atoms with Crippen molar-refractivity contribution in [1.29, 1.82) is 0 Å². The highest BCUT2D eigenvalue weighted by Gasteiger charge is 2.38. The summed E-state index contributed by atoms with van der Waals surface area (Å²) in [5, 5.41) is 7.39. The second-order valence-corrected chi connectivity index (χ2v) is 10.6. The van der Waals surface area contributed by atoms with Crippen LogP contribution in [0.15, 0.2) is 43.2 Å². The minimum absolute atomic E-state index is 0.0194. The van der Waals surface area contributed by atoms with Crippen LogP contribution >= 0.6 is 0 Å². The zero-order valence-electron chi connectivity index (χ0n) is 21.7. The van der Waals surface area contributed by atoms with Gasteiger partial charge in [0.15, 0.2) is 17.3 Å². The van der Waals surface area contributed by atoms with Gasteiger partial charge in [-0.3, -0.25) is 14.3 Å². The number of pyridine rings is 1. The molecule has 5 rings (SSSR count). The fourth-order valence-corrected chi connectivity index (χ4v) is 5.73.